The second kappa shape index (κ2) is 9.34. The summed E-state index contributed by atoms with van der Waals surface area (Å²) in [5.41, 5.74) is 2.15. The molecule has 0 radical (unpaired) electrons. The van der Waals surface area contributed by atoms with Gasteiger partial charge in [0.2, 0.25) is 0 Å². The molecule has 0 saturated carbocycles. The second-order valence-corrected chi connectivity index (χ2v) is 9.00. The molecule has 0 spiro atoms. The van der Waals surface area contributed by atoms with Gasteiger partial charge < -0.3 is 14.2 Å². The highest BCUT2D eigenvalue weighted by Gasteiger charge is 2.33. The fraction of sp³-hybridized carbons (Fsp3) is 0.739. The zero-order valence-corrected chi connectivity index (χ0v) is 17.6. The molecule has 0 amide bonds. The summed E-state index contributed by atoms with van der Waals surface area (Å²) in [4.78, 5) is 0. The summed E-state index contributed by atoms with van der Waals surface area (Å²) in [6.45, 7) is 15.2. The molecular weight excluding hydrogens is 324 g/mol. The van der Waals surface area contributed by atoms with E-state index in [9.17, 15) is 0 Å². The quantitative estimate of drug-likeness (QED) is 0.551. The normalized spacial score (nSPS) is 19.1. The maximum atomic E-state index is 6.19. The standard InChI is InChI=1S/C23H38O3/c1-18(2)20-12-10-19(11-13-20)17-26-22(3,4)14-16-25-23(5,6)21-9-7-8-15-24-21/h10-13,18,21H,7-9,14-17H2,1-6H3. The predicted molar refractivity (Wildman–Crippen MR) is 108 cm³/mol. The van der Waals surface area contributed by atoms with Crippen LogP contribution in [0.15, 0.2) is 24.3 Å². The van der Waals surface area contributed by atoms with Crippen molar-refractivity contribution in [2.24, 2.45) is 0 Å². The molecule has 0 aromatic heterocycles. The van der Waals surface area contributed by atoms with E-state index in [1.807, 2.05) is 0 Å². The van der Waals surface area contributed by atoms with Gasteiger partial charge in [0.25, 0.3) is 0 Å². The minimum Gasteiger partial charge on any atom is -0.375 e. The van der Waals surface area contributed by atoms with E-state index in [0.717, 1.165) is 19.4 Å². The van der Waals surface area contributed by atoms with Crippen LogP contribution >= 0.6 is 0 Å². The number of hydrogen-bond donors (Lipinski definition) is 0. The maximum absolute atomic E-state index is 6.19. The van der Waals surface area contributed by atoms with Crippen molar-refractivity contribution in [1.29, 1.82) is 0 Å². The van der Waals surface area contributed by atoms with Crippen LogP contribution < -0.4 is 0 Å². The fourth-order valence-corrected chi connectivity index (χ4v) is 3.29. The highest BCUT2D eigenvalue weighted by Crippen LogP contribution is 2.27. The summed E-state index contributed by atoms with van der Waals surface area (Å²) in [6.07, 6.45) is 4.58. The molecule has 3 heteroatoms. The van der Waals surface area contributed by atoms with Gasteiger partial charge in [-0.25, -0.2) is 0 Å². The fourth-order valence-electron chi connectivity index (χ4n) is 3.29. The highest BCUT2D eigenvalue weighted by atomic mass is 16.6. The first-order chi connectivity index (χ1) is 12.2. The average Bonchev–Trinajstić information content (AvgIpc) is 2.61. The molecule has 1 saturated heterocycles. The van der Waals surface area contributed by atoms with Gasteiger partial charge in [0, 0.05) is 6.61 Å². The minimum absolute atomic E-state index is 0.208. The summed E-state index contributed by atoms with van der Waals surface area (Å²) in [5, 5.41) is 0. The summed E-state index contributed by atoms with van der Waals surface area (Å²) < 4.78 is 18.3. The summed E-state index contributed by atoms with van der Waals surface area (Å²) in [5.74, 6) is 0.565. The van der Waals surface area contributed by atoms with E-state index in [1.54, 1.807) is 0 Å². The molecule has 1 fully saturated rings. The lowest BCUT2D eigenvalue weighted by Gasteiger charge is -2.37. The van der Waals surface area contributed by atoms with Gasteiger partial charge in [-0.2, -0.15) is 0 Å². The molecule has 1 atom stereocenters. The van der Waals surface area contributed by atoms with Crippen LogP contribution in [0.1, 0.15) is 84.3 Å². The SMILES string of the molecule is CC(C)c1ccc(COC(C)(C)CCOC(C)(C)C2CCCCO2)cc1. The summed E-state index contributed by atoms with van der Waals surface area (Å²) in [7, 11) is 0. The molecule has 1 aliphatic rings. The Balaban J connectivity index is 1.75. The van der Waals surface area contributed by atoms with Crippen LogP contribution in [0, 0.1) is 0 Å². The third-order valence-electron chi connectivity index (χ3n) is 5.41. The van der Waals surface area contributed by atoms with Crippen molar-refractivity contribution >= 4 is 0 Å². The largest absolute Gasteiger partial charge is 0.375 e. The van der Waals surface area contributed by atoms with E-state index in [-0.39, 0.29) is 17.3 Å². The number of rotatable bonds is 9. The van der Waals surface area contributed by atoms with Gasteiger partial charge in [-0.3, -0.25) is 0 Å². The molecule has 26 heavy (non-hydrogen) atoms. The lowest BCUT2D eigenvalue weighted by Crippen LogP contribution is -2.43. The van der Waals surface area contributed by atoms with Crippen molar-refractivity contribution in [3.8, 4) is 0 Å². The Hall–Kier alpha value is -0.900. The maximum Gasteiger partial charge on any atom is 0.0886 e. The van der Waals surface area contributed by atoms with Crippen molar-refractivity contribution in [3.63, 3.8) is 0 Å². The molecular formula is C23H38O3. The molecule has 0 bridgehead atoms. The molecule has 0 N–H and O–H groups in total. The van der Waals surface area contributed by atoms with Crippen molar-refractivity contribution in [2.75, 3.05) is 13.2 Å². The number of benzene rings is 1. The lowest BCUT2D eigenvalue weighted by atomic mass is 9.94. The molecule has 1 aromatic rings. The smallest absolute Gasteiger partial charge is 0.0886 e. The lowest BCUT2D eigenvalue weighted by molar-refractivity contribution is -0.151. The number of ether oxygens (including phenoxy) is 3. The Kier molecular flexibility index (Phi) is 7.69. The molecule has 0 aliphatic carbocycles. The van der Waals surface area contributed by atoms with Crippen LogP contribution in [0.3, 0.4) is 0 Å². The van der Waals surface area contributed by atoms with E-state index in [1.165, 1.54) is 24.0 Å². The van der Waals surface area contributed by atoms with Crippen LogP contribution in [0.25, 0.3) is 0 Å². The van der Waals surface area contributed by atoms with Crippen LogP contribution in [-0.2, 0) is 20.8 Å². The van der Waals surface area contributed by atoms with E-state index >= 15 is 0 Å². The minimum atomic E-state index is -0.233. The van der Waals surface area contributed by atoms with Crippen LogP contribution in [0.2, 0.25) is 0 Å². The Labute approximate surface area is 160 Å². The van der Waals surface area contributed by atoms with Crippen molar-refractivity contribution in [3.05, 3.63) is 35.4 Å². The molecule has 1 heterocycles. The van der Waals surface area contributed by atoms with Crippen molar-refractivity contribution in [2.45, 2.75) is 97.1 Å². The Bertz CT molecular complexity index is 525. The van der Waals surface area contributed by atoms with Gasteiger partial charge in [-0.15, -0.1) is 0 Å². The van der Waals surface area contributed by atoms with Crippen LogP contribution in [0.5, 0.6) is 0 Å². The van der Waals surface area contributed by atoms with Gasteiger partial charge in [0.15, 0.2) is 0 Å². The number of hydrogen-bond acceptors (Lipinski definition) is 3. The predicted octanol–water partition coefficient (Wildman–Crippen LogP) is 5.86. The first-order valence-corrected chi connectivity index (χ1v) is 10.2. The molecule has 2 rings (SSSR count). The van der Waals surface area contributed by atoms with Crippen molar-refractivity contribution in [1.82, 2.24) is 0 Å². The molecule has 1 aliphatic heterocycles. The molecule has 1 aromatic carbocycles. The average molecular weight is 363 g/mol. The van der Waals surface area contributed by atoms with Crippen LogP contribution in [0.4, 0.5) is 0 Å². The van der Waals surface area contributed by atoms with E-state index in [2.05, 4.69) is 65.8 Å². The first kappa shape index (κ1) is 21.4. The van der Waals surface area contributed by atoms with Crippen LogP contribution in [-0.4, -0.2) is 30.5 Å². The Morgan fingerprint density at radius 2 is 1.73 bits per heavy atom. The zero-order valence-electron chi connectivity index (χ0n) is 17.6. The molecule has 3 nitrogen and oxygen atoms in total. The van der Waals surface area contributed by atoms with E-state index in [4.69, 9.17) is 14.2 Å². The third-order valence-corrected chi connectivity index (χ3v) is 5.41. The third kappa shape index (κ3) is 6.68. The van der Waals surface area contributed by atoms with E-state index < -0.39 is 0 Å². The van der Waals surface area contributed by atoms with Gasteiger partial charge in [0.05, 0.1) is 30.5 Å². The Morgan fingerprint density at radius 3 is 2.31 bits per heavy atom. The topological polar surface area (TPSA) is 27.7 Å². The summed E-state index contributed by atoms with van der Waals surface area (Å²) >= 11 is 0. The zero-order chi connectivity index (χ0) is 19.2. The van der Waals surface area contributed by atoms with Crippen molar-refractivity contribution < 1.29 is 14.2 Å². The van der Waals surface area contributed by atoms with E-state index in [0.29, 0.717) is 19.1 Å². The molecule has 148 valence electrons. The van der Waals surface area contributed by atoms with Gasteiger partial charge in [-0.05, 0) is 70.4 Å². The molecule has 1 unspecified atom stereocenters. The highest BCUT2D eigenvalue weighted by molar-refractivity contribution is 5.24. The second-order valence-electron chi connectivity index (χ2n) is 9.00. The monoisotopic (exact) mass is 362 g/mol. The van der Waals surface area contributed by atoms with Gasteiger partial charge in [-0.1, -0.05) is 38.1 Å². The van der Waals surface area contributed by atoms with Gasteiger partial charge >= 0.3 is 0 Å². The first-order valence-electron chi connectivity index (χ1n) is 10.2. The summed E-state index contributed by atoms with van der Waals surface area (Å²) in [6, 6.07) is 8.75. The Morgan fingerprint density at radius 1 is 1.04 bits per heavy atom. The van der Waals surface area contributed by atoms with Gasteiger partial charge in [0.1, 0.15) is 0 Å².